The van der Waals surface area contributed by atoms with Crippen LogP contribution in [0.4, 0.5) is 0 Å². The lowest BCUT2D eigenvalue weighted by molar-refractivity contribution is 0.415. The molecule has 13 heavy (non-hydrogen) atoms. The van der Waals surface area contributed by atoms with Gasteiger partial charge in [-0.25, -0.2) is 0 Å². The normalized spacial score (nSPS) is 10.6. The molecular formula is C11H12OS. The first-order valence-electron chi connectivity index (χ1n) is 4.40. The van der Waals surface area contributed by atoms with Crippen LogP contribution in [-0.4, -0.2) is 7.11 Å². The molecule has 68 valence electrons. The molecule has 2 rings (SSSR count). The average Bonchev–Trinajstić information content (AvgIpc) is 2.58. The van der Waals surface area contributed by atoms with E-state index in [9.17, 15) is 0 Å². The van der Waals surface area contributed by atoms with Crippen LogP contribution in [0.5, 0.6) is 5.75 Å². The van der Waals surface area contributed by atoms with Gasteiger partial charge in [0.15, 0.2) is 0 Å². The maximum atomic E-state index is 5.17. The predicted octanol–water partition coefficient (Wildman–Crippen LogP) is 3.47. The summed E-state index contributed by atoms with van der Waals surface area (Å²) in [5.41, 5.74) is 0. The van der Waals surface area contributed by atoms with Crippen molar-refractivity contribution in [2.24, 2.45) is 0 Å². The number of fused-ring (bicyclic) bond motifs is 1. The number of rotatable bonds is 2. The van der Waals surface area contributed by atoms with Crippen molar-refractivity contribution in [3.05, 3.63) is 29.1 Å². The lowest BCUT2D eigenvalue weighted by Crippen LogP contribution is -1.79. The fourth-order valence-electron chi connectivity index (χ4n) is 1.38. The maximum Gasteiger partial charge on any atom is 0.119 e. The van der Waals surface area contributed by atoms with Crippen molar-refractivity contribution in [3.63, 3.8) is 0 Å². The van der Waals surface area contributed by atoms with Gasteiger partial charge in [-0.05, 0) is 36.1 Å². The van der Waals surface area contributed by atoms with Gasteiger partial charge in [-0.1, -0.05) is 6.92 Å². The Kier molecular flexibility index (Phi) is 2.23. The van der Waals surface area contributed by atoms with Gasteiger partial charge in [0.1, 0.15) is 5.75 Å². The molecule has 0 aliphatic rings. The SMILES string of the molecule is CCc1cc2cc(OC)ccc2s1. The second kappa shape index (κ2) is 3.38. The van der Waals surface area contributed by atoms with Crippen molar-refractivity contribution in [3.8, 4) is 5.75 Å². The Morgan fingerprint density at radius 2 is 2.15 bits per heavy atom. The number of hydrogen-bond acceptors (Lipinski definition) is 2. The van der Waals surface area contributed by atoms with Crippen LogP contribution >= 0.6 is 11.3 Å². The Morgan fingerprint density at radius 1 is 1.31 bits per heavy atom. The van der Waals surface area contributed by atoms with Crippen molar-refractivity contribution in [2.45, 2.75) is 13.3 Å². The van der Waals surface area contributed by atoms with E-state index in [-0.39, 0.29) is 0 Å². The Bertz CT molecular complexity index is 415. The fraction of sp³-hybridized carbons (Fsp3) is 0.273. The molecule has 0 N–H and O–H groups in total. The molecule has 0 spiro atoms. The van der Waals surface area contributed by atoms with Gasteiger partial charge in [0.25, 0.3) is 0 Å². The fourth-order valence-corrected chi connectivity index (χ4v) is 2.36. The molecule has 2 heteroatoms. The molecule has 1 aromatic heterocycles. The van der Waals surface area contributed by atoms with Crippen molar-refractivity contribution in [1.82, 2.24) is 0 Å². The molecule has 1 nitrogen and oxygen atoms in total. The van der Waals surface area contributed by atoms with E-state index in [1.165, 1.54) is 15.0 Å². The molecule has 0 unspecified atom stereocenters. The quantitative estimate of drug-likeness (QED) is 0.708. The predicted molar refractivity (Wildman–Crippen MR) is 57.8 cm³/mol. The highest BCUT2D eigenvalue weighted by Crippen LogP contribution is 2.28. The summed E-state index contributed by atoms with van der Waals surface area (Å²) in [5.74, 6) is 0.938. The highest BCUT2D eigenvalue weighted by molar-refractivity contribution is 7.19. The van der Waals surface area contributed by atoms with E-state index in [2.05, 4.69) is 25.1 Å². The molecule has 0 saturated carbocycles. The number of aryl methyl sites for hydroxylation is 1. The largest absolute Gasteiger partial charge is 0.497 e. The van der Waals surface area contributed by atoms with Crippen LogP contribution in [0.15, 0.2) is 24.3 Å². The smallest absolute Gasteiger partial charge is 0.119 e. The summed E-state index contributed by atoms with van der Waals surface area (Å²) in [4.78, 5) is 1.43. The molecular weight excluding hydrogens is 180 g/mol. The summed E-state index contributed by atoms with van der Waals surface area (Å²) in [6, 6.07) is 8.46. The van der Waals surface area contributed by atoms with Gasteiger partial charge in [-0.2, -0.15) is 0 Å². The van der Waals surface area contributed by atoms with E-state index in [1.54, 1.807) is 7.11 Å². The van der Waals surface area contributed by atoms with Gasteiger partial charge in [0, 0.05) is 9.58 Å². The summed E-state index contributed by atoms with van der Waals surface area (Å²) < 4.78 is 6.51. The first kappa shape index (κ1) is 8.57. The van der Waals surface area contributed by atoms with Gasteiger partial charge in [-0.3, -0.25) is 0 Å². The maximum absolute atomic E-state index is 5.17. The number of methoxy groups -OCH3 is 1. The number of hydrogen-bond donors (Lipinski definition) is 0. The molecule has 2 aromatic rings. The highest BCUT2D eigenvalue weighted by Gasteiger charge is 2.00. The summed E-state index contributed by atoms with van der Waals surface area (Å²) in [5, 5.41) is 1.29. The zero-order valence-corrected chi connectivity index (χ0v) is 8.65. The van der Waals surface area contributed by atoms with E-state index in [4.69, 9.17) is 4.74 Å². The zero-order valence-electron chi connectivity index (χ0n) is 7.83. The molecule has 0 saturated heterocycles. The minimum atomic E-state index is 0.938. The number of ether oxygens (including phenoxy) is 1. The Balaban J connectivity index is 2.57. The monoisotopic (exact) mass is 192 g/mol. The highest BCUT2D eigenvalue weighted by atomic mass is 32.1. The van der Waals surface area contributed by atoms with E-state index in [0.717, 1.165) is 12.2 Å². The van der Waals surface area contributed by atoms with Gasteiger partial charge in [-0.15, -0.1) is 11.3 Å². The van der Waals surface area contributed by atoms with Crippen LogP contribution in [0.25, 0.3) is 10.1 Å². The van der Waals surface area contributed by atoms with Gasteiger partial charge < -0.3 is 4.74 Å². The van der Waals surface area contributed by atoms with E-state index in [0.29, 0.717) is 0 Å². The molecule has 0 aliphatic carbocycles. The van der Waals surface area contributed by atoms with Crippen LogP contribution < -0.4 is 4.74 Å². The third-order valence-electron chi connectivity index (χ3n) is 2.12. The van der Waals surface area contributed by atoms with Gasteiger partial charge in [0.05, 0.1) is 7.11 Å². The van der Waals surface area contributed by atoms with Crippen LogP contribution in [0, 0.1) is 0 Å². The first-order chi connectivity index (χ1) is 6.33. The third-order valence-corrected chi connectivity index (χ3v) is 3.38. The summed E-state index contributed by atoms with van der Waals surface area (Å²) in [6.07, 6.45) is 1.11. The summed E-state index contributed by atoms with van der Waals surface area (Å²) in [6.45, 7) is 2.18. The summed E-state index contributed by atoms with van der Waals surface area (Å²) in [7, 11) is 1.70. The molecule has 0 aliphatic heterocycles. The van der Waals surface area contributed by atoms with Gasteiger partial charge in [0.2, 0.25) is 0 Å². The molecule has 0 fully saturated rings. The molecule has 1 aromatic carbocycles. The zero-order chi connectivity index (χ0) is 9.26. The lowest BCUT2D eigenvalue weighted by atomic mass is 10.2. The van der Waals surface area contributed by atoms with Crippen molar-refractivity contribution >= 4 is 21.4 Å². The van der Waals surface area contributed by atoms with E-state index < -0.39 is 0 Å². The van der Waals surface area contributed by atoms with Gasteiger partial charge >= 0.3 is 0 Å². The minimum Gasteiger partial charge on any atom is -0.497 e. The molecule has 1 heterocycles. The van der Waals surface area contributed by atoms with E-state index >= 15 is 0 Å². The molecule has 0 atom stereocenters. The Hall–Kier alpha value is -1.02. The molecule has 0 bridgehead atoms. The average molecular weight is 192 g/mol. The number of thiophene rings is 1. The van der Waals surface area contributed by atoms with E-state index in [1.807, 2.05) is 17.4 Å². The molecule has 0 amide bonds. The molecule has 0 radical (unpaired) electrons. The first-order valence-corrected chi connectivity index (χ1v) is 5.21. The number of benzene rings is 1. The van der Waals surface area contributed by atoms with Crippen LogP contribution in [-0.2, 0) is 6.42 Å². The standard InChI is InChI=1S/C11H12OS/c1-3-10-7-8-6-9(12-2)4-5-11(8)13-10/h4-7H,3H2,1-2H3. The van der Waals surface area contributed by atoms with Crippen LogP contribution in [0.1, 0.15) is 11.8 Å². The summed E-state index contributed by atoms with van der Waals surface area (Å²) >= 11 is 1.86. The lowest BCUT2D eigenvalue weighted by Gasteiger charge is -1.97. The topological polar surface area (TPSA) is 9.23 Å². The van der Waals surface area contributed by atoms with Crippen molar-refractivity contribution in [2.75, 3.05) is 7.11 Å². The van der Waals surface area contributed by atoms with Crippen molar-refractivity contribution in [1.29, 1.82) is 0 Å². The second-order valence-electron chi connectivity index (χ2n) is 2.97. The van der Waals surface area contributed by atoms with Crippen LogP contribution in [0.2, 0.25) is 0 Å². The second-order valence-corrected chi connectivity index (χ2v) is 4.14. The van der Waals surface area contributed by atoms with Crippen LogP contribution in [0.3, 0.4) is 0 Å². The minimum absolute atomic E-state index is 0.938. The van der Waals surface area contributed by atoms with Crippen molar-refractivity contribution < 1.29 is 4.74 Å². The Morgan fingerprint density at radius 3 is 2.85 bits per heavy atom. The third kappa shape index (κ3) is 1.54. The Labute approximate surface area is 82.0 Å².